The minimum atomic E-state index is -3.91. The van der Waals surface area contributed by atoms with Crippen molar-refractivity contribution in [1.82, 2.24) is 25.2 Å². The van der Waals surface area contributed by atoms with Crippen molar-refractivity contribution in [2.45, 2.75) is 127 Å². The fraction of sp³-hybridized carbons (Fsp3) is 0.625. The molecule has 5 atom stereocenters. The number of ether oxygens (including phenoxy) is 2. The fourth-order valence-corrected chi connectivity index (χ4v) is 10.1. The Balaban J connectivity index is 1.17. The summed E-state index contributed by atoms with van der Waals surface area (Å²) in [6.45, 7) is 9.89. The van der Waals surface area contributed by atoms with Crippen LogP contribution in [0.3, 0.4) is 0 Å². The van der Waals surface area contributed by atoms with Crippen molar-refractivity contribution in [1.29, 1.82) is 0 Å². The number of nitrogens with zero attached hydrogens (tertiary/aromatic N) is 2. The van der Waals surface area contributed by atoms with Crippen LogP contribution in [0, 0.1) is 16.7 Å². The van der Waals surface area contributed by atoms with Gasteiger partial charge in [0.1, 0.15) is 23.7 Å². The Bertz CT molecular complexity index is 1900. The second kappa shape index (κ2) is 14.6. The quantitative estimate of drug-likeness (QED) is 0.355. The molecule has 3 aliphatic carbocycles. The van der Waals surface area contributed by atoms with Crippen LogP contribution in [0.5, 0.6) is 0 Å². The maximum Gasteiger partial charge on any atom is 0.410 e. The molecule has 298 valence electrons. The van der Waals surface area contributed by atoms with E-state index in [2.05, 4.69) is 34.1 Å². The van der Waals surface area contributed by atoms with E-state index in [1.807, 2.05) is 18.2 Å². The molecule has 15 heteroatoms. The lowest BCUT2D eigenvalue weighted by atomic mass is 9.82. The predicted octanol–water partition coefficient (Wildman–Crippen LogP) is 4.29. The number of nitrogens with one attached hydrogen (secondary N) is 3. The average molecular weight is 780 g/mol. The monoisotopic (exact) mass is 779 g/mol. The number of alkyl carbamates (subject to hydrolysis) is 1. The van der Waals surface area contributed by atoms with Crippen LogP contribution in [0.15, 0.2) is 36.9 Å². The van der Waals surface area contributed by atoms with Gasteiger partial charge in [-0.15, -0.1) is 6.58 Å². The van der Waals surface area contributed by atoms with Gasteiger partial charge in [0.2, 0.25) is 21.8 Å². The average Bonchev–Trinajstić information content (AvgIpc) is 3.94. The summed E-state index contributed by atoms with van der Waals surface area (Å²) in [5, 5.41) is 4.91. The lowest BCUT2D eigenvalue weighted by Gasteiger charge is -2.36. The summed E-state index contributed by atoms with van der Waals surface area (Å²) in [5.41, 5.74) is 0.464. The van der Waals surface area contributed by atoms with Crippen LogP contribution in [-0.4, -0.2) is 90.3 Å². The van der Waals surface area contributed by atoms with Gasteiger partial charge in [-0.1, -0.05) is 70.0 Å². The summed E-state index contributed by atoms with van der Waals surface area (Å²) in [5.74, 6) is -2.70. The lowest BCUT2D eigenvalue weighted by molar-refractivity contribution is -0.143. The van der Waals surface area contributed by atoms with Gasteiger partial charge in [-0.3, -0.25) is 24.0 Å². The van der Waals surface area contributed by atoms with Crippen LogP contribution in [-0.2, 0) is 47.0 Å². The Morgan fingerprint density at radius 3 is 2.49 bits per heavy atom. The third-order valence-corrected chi connectivity index (χ3v) is 14.1. The van der Waals surface area contributed by atoms with E-state index in [4.69, 9.17) is 9.47 Å². The van der Waals surface area contributed by atoms with Gasteiger partial charge in [0, 0.05) is 24.3 Å². The first kappa shape index (κ1) is 38.9. The Morgan fingerprint density at radius 2 is 1.82 bits per heavy atom. The first-order chi connectivity index (χ1) is 26.0. The molecule has 1 aromatic carbocycles. The normalized spacial score (nSPS) is 30.2. The number of amides is 5. The number of allylic oxidation sites excluding steroid dienone is 1. The largest absolute Gasteiger partial charge is 0.449 e. The summed E-state index contributed by atoms with van der Waals surface area (Å²) in [4.78, 5) is 72.5. The molecule has 5 amide bonds. The Kier molecular flexibility index (Phi) is 10.3. The number of hydrogen-bond donors (Lipinski definition) is 3. The number of fused-ring (bicyclic) bond motifs is 3. The molecule has 4 fully saturated rings. The number of carbonyl (C=O) groups excluding carboxylic acids is 5. The standard InChI is InChI=1S/C40H53N5O9S/c1-5-27-20-40(27,35(48)43-55(51,52)29-14-15-29)42-33(46)31-19-28-22-45(31)34(47)32(38(2,3)4)41-36(49)53-24-39(17-8-9-18-39)16-7-6-11-25-12-10-13-26-21-44(23-30(25)26)37(50)54-28/h5-6,10-13,27-29,31-32H,1,7-9,14-24H2,2-4H3,(H,41,49)(H,42,46)(H,43,48)/b11-6+/t27-,28+,31-,32+,40+/m0/s1. The maximum atomic E-state index is 14.6. The van der Waals surface area contributed by atoms with Gasteiger partial charge < -0.3 is 25.0 Å². The third kappa shape index (κ3) is 7.99. The number of benzene rings is 1. The second-order valence-corrected chi connectivity index (χ2v) is 19.4. The molecule has 4 bridgehead atoms. The Labute approximate surface area is 322 Å². The van der Waals surface area contributed by atoms with E-state index in [0.717, 1.165) is 55.2 Å². The zero-order chi connectivity index (χ0) is 39.3. The summed E-state index contributed by atoms with van der Waals surface area (Å²) in [6.07, 6.45) is 9.99. The highest BCUT2D eigenvalue weighted by atomic mass is 32.2. The summed E-state index contributed by atoms with van der Waals surface area (Å²) in [6, 6.07) is 3.63. The van der Waals surface area contributed by atoms with E-state index in [1.165, 1.54) is 11.0 Å². The molecule has 7 rings (SSSR count). The predicted molar refractivity (Wildman–Crippen MR) is 202 cm³/mol. The van der Waals surface area contributed by atoms with Crippen LogP contribution < -0.4 is 15.4 Å². The van der Waals surface area contributed by atoms with Crippen molar-refractivity contribution >= 4 is 46.0 Å². The molecular formula is C40H53N5O9S. The van der Waals surface area contributed by atoms with E-state index in [9.17, 15) is 32.4 Å². The van der Waals surface area contributed by atoms with E-state index in [1.54, 1.807) is 25.7 Å². The molecule has 0 unspecified atom stereocenters. The highest BCUT2D eigenvalue weighted by Crippen LogP contribution is 2.46. The van der Waals surface area contributed by atoms with Crippen molar-refractivity contribution in [3.8, 4) is 0 Å². The molecule has 3 N–H and O–H groups in total. The van der Waals surface area contributed by atoms with Crippen LogP contribution in [0.25, 0.3) is 6.08 Å². The van der Waals surface area contributed by atoms with Gasteiger partial charge in [-0.05, 0) is 67.1 Å². The SMILES string of the molecule is C=C[C@H]1C[C@]1(NC(=O)[C@@H]1C[C@@H]2CN1C(=O)[C@H](C(C)(C)C)NC(=O)OCC1(CC/C=C/c3cccc4c3CN(C4)C(=O)O2)CCCC1)C(=O)NS(=O)(=O)C1CC1. The van der Waals surface area contributed by atoms with E-state index < -0.39 is 80.2 Å². The highest BCUT2D eigenvalue weighted by molar-refractivity contribution is 7.91. The fourth-order valence-electron chi connectivity index (χ4n) is 8.73. The van der Waals surface area contributed by atoms with Gasteiger partial charge in [0.15, 0.2) is 0 Å². The third-order valence-electron chi connectivity index (χ3n) is 12.3. The number of hydrogen-bond acceptors (Lipinski definition) is 9. The molecule has 1 aromatic rings. The zero-order valence-electron chi connectivity index (χ0n) is 31.9. The van der Waals surface area contributed by atoms with Crippen LogP contribution in [0.2, 0.25) is 0 Å². The van der Waals surface area contributed by atoms with Crippen molar-refractivity contribution in [2.24, 2.45) is 16.7 Å². The zero-order valence-corrected chi connectivity index (χ0v) is 32.8. The summed E-state index contributed by atoms with van der Waals surface area (Å²) in [7, 11) is -3.91. The molecule has 1 spiro atoms. The Morgan fingerprint density at radius 1 is 1.07 bits per heavy atom. The van der Waals surface area contributed by atoms with Crippen molar-refractivity contribution in [3.63, 3.8) is 0 Å². The van der Waals surface area contributed by atoms with Crippen molar-refractivity contribution < 1.29 is 41.9 Å². The highest BCUT2D eigenvalue weighted by Gasteiger charge is 2.62. The topological polar surface area (TPSA) is 181 Å². The van der Waals surface area contributed by atoms with Crippen molar-refractivity contribution in [2.75, 3.05) is 13.2 Å². The lowest BCUT2D eigenvalue weighted by Crippen LogP contribution is -2.60. The number of rotatable bonds is 6. The van der Waals surface area contributed by atoms with Gasteiger partial charge >= 0.3 is 12.2 Å². The molecule has 3 saturated carbocycles. The number of sulfonamides is 1. The molecule has 6 aliphatic rings. The number of carbonyl (C=O) groups is 5. The van der Waals surface area contributed by atoms with Gasteiger partial charge in [-0.25, -0.2) is 18.0 Å². The van der Waals surface area contributed by atoms with Crippen LogP contribution >= 0.6 is 0 Å². The molecule has 1 saturated heterocycles. The molecular weight excluding hydrogens is 727 g/mol. The van der Waals surface area contributed by atoms with Gasteiger partial charge in [-0.2, -0.15) is 0 Å². The van der Waals surface area contributed by atoms with E-state index >= 15 is 0 Å². The summed E-state index contributed by atoms with van der Waals surface area (Å²) >= 11 is 0. The number of cyclic esters (lactones) is 1. The second-order valence-electron chi connectivity index (χ2n) is 17.4. The van der Waals surface area contributed by atoms with Crippen LogP contribution in [0.1, 0.15) is 102 Å². The van der Waals surface area contributed by atoms with Gasteiger partial charge in [0.05, 0.1) is 24.9 Å². The first-order valence-corrected chi connectivity index (χ1v) is 21.1. The minimum absolute atomic E-state index is 0.0846. The Hall–Kier alpha value is -4.40. The molecule has 55 heavy (non-hydrogen) atoms. The minimum Gasteiger partial charge on any atom is -0.449 e. The smallest absolute Gasteiger partial charge is 0.410 e. The van der Waals surface area contributed by atoms with E-state index in [-0.39, 0.29) is 31.4 Å². The molecule has 0 aromatic heterocycles. The molecule has 0 radical (unpaired) electrons. The van der Waals surface area contributed by atoms with Gasteiger partial charge in [0.25, 0.3) is 5.91 Å². The summed E-state index contributed by atoms with van der Waals surface area (Å²) < 4.78 is 39.4. The molecule has 14 nitrogen and oxygen atoms in total. The van der Waals surface area contributed by atoms with Crippen LogP contribution in [0.4, 0.5) is 9.59 Å². The van der Waals surface area contributed by atoms with Crippen molar-refractivity contribution in [3.05, 3.63) is 53.6 Å². The molecule has 3 aliphatic heterocycles. The maximum absolute atomic E-state index is 14.6. The molecule has 3 heterocycles. The first-order valence-electron chi connectivity index (χ1n) is 19.5. The van der Waals surface area contributed by atoms with E-state index in [0.29, 0.717) is 25.9 Å².